The summed E-state index contributed by atoms with van der Waals surface area (Å²) < 4.78 is 28.6. The zero-order chi connectivity index (χ0) is 21.6. The van der Waals surface area contributed by atoms with Crippen LogP contribution in [0.2, 0.25) is 13.3 Å². The van der Waals surface area contributed by atoms with Crippen molar-refractivity contribution >= 4 is 33.0 Å². The minimum absolute atomic E-state index is 0.0225. The molecule has 0 amide bonds. The molecule has 0 aromatic carbocycles. The second-order valence-corrected chi connectivity index (χ2v) is 22.1. The zero-order valence-electron chi connectivity index (χ0n) is 19.5. The molecule has 2 aromatic rings. The summed E-state index contributed by atoms with van der Waals surface area (Å²) in [6.07, 6.45) is 12.2. The van der Waals surface area contributed by atoms with Crippen LogP contribution in [0.5, 0.6) is 0 Å². The Kier molecular flexibility index (Phi) is 8.99. The quantitative estimate of drug-likeness (QED) is 0.310. The van der Waals surface area contributed by atoms with Gasteiger partial charge in [-0.1, -0.05) is 0 Å². The summed E-state index contributed by atoms with van der Waals surface area (Å²) in [5, 5.41) is 5.70. The van der Waals surface area contributed by atoms with Gasteiger partial charge in [-0.2, -0.15) is 0 Å². The summed E-state index contributed by atoms with van der Waals surface area (Å²) in [5.74, 6) is -0.0225. The van der Waals surface area contributed by atoms with Gasteiger partial charge in [-0.15, -0.1) is 0 Å². The van der Waals surface area contributed by atoms with Crippen molar-refractivity contribution in [1.29, 1.82) is 0 Å². The third-order valence-corrected chi connectivity index (χ3v) is 22.5. The topological polar surface area (TPSA) is 39.9 Å². The van der Waals surface area contributed by atoms with Crippen LogP contribution in [-0.2, 0) is 4.74 Å². The molecule has 0 N–H and O–H groups in total. The normalized spacial score (nSPS) is 17.7. The van der Waals surface area contributed by atoms with Crippen LogP contribution in [0.3, 0.4) is 0 Å². The van der Waals surface area contributed by atoms with Gasteiger partial charge in [0.1, 0.15) is 0 Å². The molecule has 1 saturated heterocycles. The Bertz CT molecular complexity index is 795. The number of halogens is 1. The number of hydrogen-bond acceptors (Lipinski definition) is 3. The van der Waals surface area contributed by atoms with Crippen LogP contribution in [0.25, 0.3) is 11.0 Å². The molecular formula is C24H40FN3OSn. The molecule has 30 heavy (non-hydrogen) atoms. The van der Waals surface area contributed by atoms with Crippen molar-refractivity contribution in [2.75, 3.05) is 6.61 Å². The van der Waals surface area contributed by atoms with Crippen LogP contribution in [0.1, 0.15) is 90.5 Å². The third-order valence-electron chi connectivity index (χ3n) is 6.83. The number of pyridine rings is 1. The number of aryl methyl sites for hydroxylation is 1. The second kappa shape index (κ2) is 11.3. The molecule has 0 aliphatic carbocycles. The van der Waals surface area contributed by atoms with Gasteiger partial charge in [0, 0.05) is 0 Å². The van der Waals surface area contributed by atoms with E-state index < -0.39 is 18.4 Å². The Hall–Kier alpha value is -0.691. The van der Waals surface area contributed by atoms with Crippen molar-refractivity contribution in [2.24, 2.45) is 0 Å². The fourth-order valence-corrected chi connectivity index (χ4v) is 22.2. The summed E-state index contributed by atoms with van der Waals surface area (Å²) in [6, 6.07) is 0. The van der Waals surface area contributed by atoms with E-state index in [1.54, 1.807) is 0 Å². The van der Waals surface area contributed by atoms with Gasteiger partial charge in [-0.05, 0) is 0 Å². The van der Waals surface area contributed by atoms with E-state index in [1.165, 1.54) is 51.8 Å². The molecule has 3 rings (SSSR count). The first-order chi connectivity index (χ1) is 14.6. The van der Waals surface area contributed by atoms with Gasteiger partial charge in [0.25, 0.3) is 0 Å². The number of fused-ring (bicyclic) bond motifs is 1. The van der Waals surface area contributed by atoms with Gasteiger partial charge in [0.2, 0.25) is 0 Å². The molecule has 1 aliphatic rings. The van der Waals surface area contributed by atoms with Crippen molar-refractivity contribution in [2.45, 2.75) is 105 Å². The first kappa shape index (κ1) is 24.0. The van der Waals surface area contributed by atoms with Crippen molar-refractivity contribution in [3.05, 3.63) is 17.7 Å². The zero-order valence-corrected chi connectivity index (χ0v) is 22.3. The van der Waals surface area contributed by atoms with Crippen molar-refractivity contribution < 1.29 is 9.13 Å². The van der Waals surface area contributed by atoms with Crippen LogP contribution >= 0.6 is 0 Å². The van der Waals surface area contributed by atoms with E-state index >= 15 is 4.39 Å². The standard InChI is InChI=1S/C12H13FN3O.3C4H9.Sn/c1-8-10(13)6-9-7-14-16(12(9)15-8)11-4-2-3-5-17-11;3*1-3-4-2;/h7,11H,2-5H2,1H3;3*1,3-4H2,2H3;. The summed E-state index contributed by atoms with van der Waals surface area (Å²) in [6.45, 7) is 9.40. The molecule has 2 aromatic heterocycles. The molecule has 1 aliphatic heterocycles. The number of rotatable bonds is 11. The number of nitrogens with zero attached hydrogens (tertiary/aromatic N) is 3. The van der Waals surface area contributed by atoms with Crippen molar-refractivity contribution in [1.82, 2.24) is 14.8 Å². The minimum atomic E-state index is -2.98. The van der Waals surface area contributed by atoms with E-state index in [9.17, 15) is 0 Å². The van der Waals surface area contributed by atoms with E-state index in [2.05, 4.69) is 20.8 Å². The Morgan fingerprint density at radius 3 is 2.23 bits per heavy atom. The molecule has 0 spiro atoms. The molecular weight excluding hydrogens is 484 g/mol. The SMILES string of the molecule is CCC[CH2][Sn]([CH2]CCC)([CH2]CCC)[c]1c(F)c(C)nc2c1cnn2C1CCCCO1. The third kappa shape index (κ3) is 5.03. The molecule has 3 heterocycles. The van der Waals surface area contributed by atoms with E-state index in [0.29, 0.717) is 5.69 Å². The Morgan fingerprint density at radius 1 is 1.07 bits per heavy atom. The Labute approximate surface area is 185 Å². The van der Waals surface area contributed by atoms with Gasteiger partial charge >= 0.3 is 186 Å². The molecule has 0 bridgehead atoms. The molecule has 4 nitrogen and oxygen atoms in total. The molecule has 1 unspecified atom stereocenters. The van der Waals surface area contributed by atoms with Gasteiger partial charge in [-0.25, -0.2) is 0 Å². The molecule has 0 saturated carbocycles. The van der Waals surface area contributed by atoms with E-state index in [-0.39, 0.29) is 12.0 Å². The van der Waals surface area contributed by atoms with Gasteiger partial charge in [0.05, 0.1) is 0 Å². The fourth-order valence-electron chi connectivity index (χ4n) is 5.09. The van der Waals surface area contributed by atoms with Crippen LogP contribution < -0.4 is 3.58 Å². The predicted octanol–water partition coefficient (Wildman–Crippen LogP) is 6.63. The Morgan fingerprint density at radius 2 is 1.70 bits per heavy atom. The number of hydrogen-bond donors (Lipinski definition) is 0. The number of unbranched alkanes of at least 4 members (excludes halogenated alkanes) is 3. The van der Waals surface area contributed by atoms with E-state index in [1.807, 2.05) is 17.8 Å². The van der Waals surface area contributed by atoms with Crippen LogP contribution in [0.4, 0.5) is 4.39 Å². The van der Waals surface area contributed by atoms with Crippen molar-refractivity contribution in [3.8, 4) is 0 Å². The van der Waals surface area contributed by atoms with Gasteiger partial charge in [-0.3, -0.25) is 0 Å². The predicted molar refractivity (Wildman–Crippen MR) is 126 cm³/mol. The van der Waals surface area contributed by atoms with E-state index in [0.717, 1.165) is 40.5 Å². The van der Waals surface area contributed by atoms with E-state index in [4.69, 9.17) is 14.8 Å². The maximum atomic E-state index is 15.9. The molecule has 6 heteroatoms. The van der Waals surface area contributed by atoms with Crippen molar-refractivity contribution in [3.63, 3.8) is 0 Å². The average molecular weight is 524 g/mol. The summed E-state index contributed by atoms with van der Waals surface area (Å²) in [5.41, 5.74) is 1.39. The molecule has 1 fully saturated rings. The summed E-state index contributed by atoms with van der Waals surface area (Å²) >= 11 is -2.98. The number of aromatic nitrogens is 3. The molecule has 168 valence electrons. The first-order valence-electron chi connectivity index (χ1n) is 12.2. The summed E-state index contributed by atoms with van der Waals surface area (Å²) in [4.78, 5) is 4.70. The second-order valence-electron chi connectivity index (χ2n) is 9.12. The monoisotopic (exact) mass is 525 g/mol. The first-order valence-corrected chi connectivity index (χ1v) is 19.7. The number of ether oxygens (including phenoxy) is 1. The van der Waals surface area contributed by atoms with Crippen LogP contribution in [0.15, 0.2) is 6.20 Å². The Balaban J connectivity index is 2.17. The van der Waals surface area contributed by atoms with Gasteiger partial charge < -0.3 is 0 Å². The summed E-state index contributed by atoms with van der Waals surface area (Å²) in [7, 11) is 0. The van der Waals surface area contributed by atoms with Crippen LogP contribution in [-0.4, -0.2) is 39.7 Å². The average Bonchev–Trinajstić information content (AvgIpc) is 3.18. The van der Waals surface area contributed by atoms with Crippen LogP contribution in [0, 0.1) is 12.7 Å². The maximum absolute atomic E-state index is 15.9. The molecule has 1 atom stereocenters. The molecule has 0 radical (unpaired) electrons. The van der Waals surface area contributed by atoms with Gasteiger partial charge in [0.15, 0.2) is 0 Å². The fraction of sp³-hybridized carbons (Fsp3) is 0.750.